The highest BCUT2D eigenvalue weighted by atomic mass is 16.5. The Morgan fingerprint density at radius 1 is 1.50 bits per heavy atom. The summed E-state index contributed by atoms with van der Waals surface area (Å²) in [6.45, 7) is 2.68. The van der Waals surface area contributed by atoms with Gasteiger partial charge >= 0.3 is 0 Å². The van der Waals surface area contributed by atoms with Gasteiger partial charge in [0.25, 0.3) is 0 Å². The molecule has 6 nitrogen and oxygen atoms in total. The summed E-state index contributed by atoms with van der Waals surface area (Å²) in [6, 6.07) is 0.171. The van der Waals surface area contributed by atoms with Crippen LogP contribution in [0.1, 0.15) is 31.2 Å². The third-order valence-corrected chi connectivity index (χ3v) is 4.28. The second-order valence-electron chi connectivity index (χ2n) is 5.82. The first kappa shape index (κ1) is 13.6. The van der Waals surface area contributed by atoms with Crippen molar-refractivity contribution < 1.29 is 9.53 Å². The lowest BCUT2D eigenvalue weighted by Crippen LogP contribution is -2.43. The first-order valence-electron chi connectivity index (χ1n) is 7.37. The first-order valence-corrected chi connectivity index (χ1v) is 7.37. The van der Waals surface area contributed by atoms with E-state index in [4.69, 9.17) is 4.74 Å². The zero-order valence-corrected chi connectivity index (χ0v) is 11.7. The maximum atomic E-state index is 12.0. The minimum absolute atomic E-state index is 0.00769. The Balaban J connectivity index is 1.43. The Morgan fingerprint density at radius 3 is 3.10 bits per heavy atom. The van der Waals surface area contributed by atoms with Crippen molar-refractivity contribution in [1.29, 1.82) is 0 Å². The van der Waals surface area contributed by atoms with Gasteiger partial charge in [-0.1, -0.05) is 0 Å². The summed E-state index contributed by atoms with van der Waals surface area (Å²) >= 11 is 0. The van der Waals surface area contributed by atoms with Gasteiger partial charge in [0.15, 0.2) is 0 Å². The lowest BCUT2D eigenvalue weighted by molar-refractivity contribution is -0.121. The lowest BCUT2D eigenvalue weighted by atomic mass is 9.88. The van der Waals surface area contributed by atoms with Crippen LogP contribution in [0.25, 0.3) is 0 Å². The molecule has 110 valence electrons. The van der Waals surface area contributed by atoms with Gasteiger partial charge in [0, 0.05) is 12.6 Å². The zero-order chi connectivity index (χ0) is 13.8. The fourth-order valence-corrected chi connectivity index (χ4v) is 3.14. The van der Waals surface area contributed by atoms with Crippen LogP contribution in [0.15, 0.2) is 12.4 Å². The number of carbonyl (C=O) groups is 1. The normalized spacial score (nSPS) is 24.9. The highest BCUT2D eigenvalue weighted by Gasteiger charge is 2.41. The van der Waals surface area contributed by atoms with E-state index in [9.17, 15) is 4.79 Å². The average Bonchev–Trinajstić information content (AvgIpc) is 3.08. The van der Waals surface area contributed by atoms with E-state index in [0.717, 1.165) is 44.3 Å². The fraction of sp³-hybridized carbons (Fsp3) is 0.714. The summed E-state index contributed by atoms with van der Waals surface area (Å²) in [7, 11) is 0. The summed E-state index contributed by atoms with van der Waals surface area (Å²) in [6.07, 6.45) is 7.87. The lowest BCUT2D eigenvalue weighted by Gasteiger charge is -2.32. The largest absolute Gasteiger partial charge is 0.373 e. The molecule has 2 aliphatic heterocycles. The maximum absolute atomic E-state index is 12.0. The quantitative estimate of drug-likeness (QED) is 0.743. The van der Waals surface area contributed by atoms with Crippen LogP contribution in [0.3, 0.4) is 0 Å². The average molecular weight is 278 g/mol. The number of amides is 1. The number of hydrogen-bond acceptors (Lipinski definition) is 4. The molecule has 2 saturated heterocycles. The van der Waals surface area contributed by atoms with Crippen LogP contribution in [0, 0.1) is 0 Å². The van der Waals surface area contributed by atoms with Crippen molar-refractivity contribution in [3.63, 3.8) is 0 Å². The second kappa shape index (κ2) is 5.93. The van der Waals surface area contributed by atoms with Gasteiger partial charge in [-0.2, -0.15) is 5.10 Å². The van der Waals surface area contributed by atoms with E-state index in [2.05, 4.69) is 20.8 Å². The molecule has 2 fully saturated rings. The van der Waals surface area contributed by atoms with E-state index in [-0.39, 0.29) is 17.6 Å². The molecule has 1 aromatic heterocycles. The van der Waals surface area contributed by atoms with Gasteiger partial charge in [-0.05, 0) is 44.3 Å². The summed E-state index contributed by atoms with van der Waals surface area (Å²) in [5.41, 5.74) is 1.07. The number of aryl methyl sites for hydroxylation is 1. The van der Waals surface area contributed by atoms with Crippen LogP contribution in [-0.4, -0.2) is 47.4 Å². The molecule has 20 heavy (non-hydrogen) atoms. The molecule has 0 aliphatic carbocycles. The Bertz CT molecular complexity index is 440. The number of ether oxygens (including phenoxy) is 1. The molecule has 1 aromatic rings. The van der Waals surface area contributed by atoms with Crippen LogP contribution in [-0.2, 0) is 16.0 Å². The number of nitrogens with one attached hydrogen (secondary N) is 3. The molecule has 1 unspecified atom stereocenters. The van der Waals surface area contributed by atoms with Crippen molar-refractivity contribution in [2.75, 3.05) is 19.7 Å². The van der Waals surface area contributed by atoms with Gasteiger partial charge in [0.1, 0.15) is 0 Å². The van der Waals surface area contributed by atoms with Gasteiger partial charge in [-0.3, -0.25) is 9.89 Å². The Hall–Kier alpha value is -1.40. The molecule has 2 aliphatic rings. The summed E-state index contributed by atoms with van der Waals surface area (Å²) in [5, 5.41) is 13.1. The minimum Gasteiger partial charge on any atom is -0.373 e. The van der Waals surface area contributed by atoms with E-state index < -0.39 is 0 Å². The monoisotopic (exact) mass is 278 g/mol. The predicted octanol–water partition coefficient (Wildman–Crippen LogP) is 0.370. The molecule has 1 spiro atoms. The van der Waals surface area contributed by atoms with E-state index in [1.165, 1.54) is 0 Å². The van der Waals surface area contributed by atoms with Gasteiger partial charge < -0.3 is 15.4 Å². The zero-order valence-electron chi connectivity index (χ0n) is 11.7. The maximum Gasteiger partial charge on any atom is 0.220 e. The van der Waals surface area contributed by atoms with Crippen LogP contribution in [0.2, 0.25) is 0 Å². The van der Waals surface area contributed by atoms with Gasteiger partial charge in [-0.15, -0.1) is 0 Å². The number of hydrogen-bond donors (Lipinski definition) is 3. The molecule has 1 amide bonds. The standard InChI is InChI=1S/C14H22N4O2/c19-13(2-1-11-8-16-17-9-11)18-12-7-14(20-10-12)3-5-15-6-4-14/h8-9,12,15H,1-7,10H2,(H,16,17)(H,18,19). The van der Waals surface area contributed by atoms with Gasteiger partial charge in [-0.25, -0.2) is 0 Å². The SMILES string of the molecule is O=C(CCc1cn[nH]c1)NC1COC2(CCNCC2)C1. The Morgan fingerprint density at radius 2 is 2.35 bits per heavy atom. The Labute approximate surface area is 118 Å². The van der Waals surface area contributed by atoms with E-state index >= 15 is 0 Å². The van der Waals surface area contributed by atoms with Crippen molar-refractivity contribution in [3.05, 3.63) is 18.0 Å². The highest BCUT2D eigenvalue weighted by Crippen LogP contribution is 2.33. The second-order valence-corrected chi connectivity index (χ2v) is 5.82. The topological polar surface area (TPSA) is 79.0 Å². The molecule has 0 saturated carbocycles. The molecule has 3 N–H and O–H groups in total. The van der Waals surface area contributed by atoms with Crippen molar-refractivity contribution in [3.8, 4) is 0 Å². The third-order valence-electron chi connectivity index (χ3n) is 4.28. The fourth-order valence-electron chi connectivity index (χ4n) is 3.14. The van der Waals surface area contributed by atoms with Crippen molar-refractivity contribution in [2.24, 2.45) is 0 Å². The van der Waals surface area contributed by atoms with E-state index in [0.29, 0.717) is 13.0 Å². The number of H-pyrrole nitrogens is 1. The Kier molecular flexibility index (Phi) is 4.03. The molecule has 0 bridgehead atoms. The van der Waals surface area contributed by atoms with Crippen LogP contribution >= 0.6 is 0 Å². The molecular formula is C14H22N4O2. The van der Waals surface area contributed by atoms with Crippen molar-refractivity contribution in [1.82, 2.24) is 20.8 Å². The van der Waals surface area contributed by atoms with E-state index in [1.54, 1.807) is 6.20 Å². The number of piperidine rings is 1. The number of aromatic amines is 1. The van der Waals surface area contributed by atoms with Crippen LogP contribution < -0.4 is 10.6 Å². The smallest absolute Gasteiger partial charge is 0.220 e. The van der Waals surface area contributed by atoms with Crippen LogP contribution in [0.5, 0.6) is 0 Å². The molecular weight excluding hydrogens is 256 g/mol. The molecule has 3 heterocycles. The molecule has 0 radical (unpaired) electrons. The first-order chi connectivity index (χ1) is 9.76. The summed E-state index contributed by atoms with van der Waals surface area (Å²) in [4.78, 5) is 12.0. The molecule has 3 rings (SSSR count). The van der Waals surface area contributed by atoms with Gasteiger partial charge in [0.2, 0.25) is 5.91 Å². The van der Waals surface area contributed by atoms with E-state index in [1.807, 2.05) is 6.20 Å². The summed E-state index contributed by atoms with van der Waals surface area (Å²) < 4.78 is 5.98. The number of aromatic nitrogens is 2. The summed E-state index contributed by atoms with van der Waals surface area (Å²) in [5.74, 6) is 0.103. The van der Waals surface area contributed by atoms with Crippen molar-refractivity contribution in [2.45, 2.75) is 43.7 Å². The molecule has 6 heteroatoms. The molecule has 0 aromatic carbocycles. The third kappa shape index (κ3) is 3.19. The van der Waals surface area contributed by atoms with Crippen LogP contribution in [0.4, 0.5) is 0 Å². The predicted molar refractivity (Wildman–Crippen MR) is 74.2 cm³/mol. The van der Waals surface area contributed by atoms with Crippen molar-refractivity contribution >= 4 is 5.91 Å². The number of rotatable bonds is 4. The van der Waals surface area contributed by atoms with Gasteiger partial charge in [0.05, 0.1) is 24.4 Å². The minimum atomic E-state index is 0.00769. The number of carbonyl (C=O) groups excluding carboxylic acids is 1. The highest BCUT2D eigenvalue weighted by molar-refractivity contribution is 5.76. The number of nitrogens with zero attached hydrogens (tertiary/aromatic N) is 1. The molecule has 1 atom stereocenters.